The van der Waals surface area contributed by atoms with Gasteiger partial charge in [-0.2, -0.15) is 0 Å². The predicted octanol–water partition coefficient (Wildman–Crippen LogP) is 23.5. The molecule has 0 saturated carbocycles. The molecule has 0 aliphatic rings. The molecule has 0 aromatic carbocycles. The monoisotopic (exact) mass is 843 g/mol. The van der Waals surface area contributed by atoms with E-state index in [4.69, 9.17) is 0 Å². The van der Waals surface area contributed by atoms with Crippen LogP contribution < -0.4 is 0 Å². The molecular weight excluding hydrogens is 721 g/mol. The maximum Gasteiger partial charge on any atom is -0.0414 e. The average molecular weight is 844 g/mol. The second-order valence-electron chi connectivity index (χ2n) is 20.9. The topological polar surface area (TPSA) is 0 Å². The van der Waals surface area contributed by atoms with Gasteiger partial charge in [-0.25, -0.2) is 0 Å². The molecule has 0 aromatic rings. The first-order chi connectivity index (χ1) is 29.8. The van der Waals surface area contributed by atoms with Gasteiger partial charge in [0.05, 0.1) is 0 Å². The summed E-state index contributed by atoms with van der Waals surface area (Å²) in [7, 11) is 0. The Morgan fingerprint density at radius 3 is 0.350 bits per heavy atom. The van der Waals surface area contributed by atoms with E-state index in [1.165, 1.54) is 360 Å². The van der Waals surface area contributed by atoms with Crippen molar-refractivity contribution in [3.8, 4) is 0 Å². The van der Waals surface area contributed by atoms with Crippen molar-refractivity contribution in [2.24, 2.45) is 5.92 Å². The van der Waals surface area contributed by atoms with Gasteiger partial charge in [0, 0.05) is 0 Å². The molecule has 0 saturated heterocycles. The van der Waals surface area contributed by atoms with E-state index in [2.05, 4.69) is 20.8 Å². The minimum Gasteiger partial charge on any atom is -0.0654 e. The van der Waals surface area contributed by atoms with Crippen LogP contribution in [0.2, 0.25) is 0 Å². The zero-order chi connectivity index (χ0) is 43.2. The zero-order valence-electron chi connectivity index (χ0n) is 43.2. The molecule has 0 spiro atoms. The van der Waals surface area contributed by atoms with E-state index < -0.39 is 0 Å². The third kappa shape index (κ3) is 54.1. The van der Waals surface area contributed by atoms with Crippen molar-refractivity contribution in [1.29, 1.82) is 0 Å². The van der Waals surface area contributed by atoms with Crippen LogP contribution in [0.25, 0.3) is 0 Å². The van der Waals surface area contributed by atoms with Crippen molar-refractivity contribution < 1.29 is 0 Å². The average Bonchev–Trinajstić information content (AvgIpc) is 3.26. The lowest BCUT2D eigenvalue weighted by molar-refractivity contribution is 0.365. The lowest BCUT2D eigenvalue weighted by Gasteiger charge is -2.17. The fraction of sp³-hybridized carbons (Fsp3) is 1.00. The third-order valence-corrected chi connectivity index (χ3v) is 14.6. The molecule has 1 unspecified atom stereocenters. The summed E-state index contributed by atoms with van der Waals surface area (Å²) >= 11 is 0. The van der Waals surface area contributed by atoms with Crippen molar-refractivity contribution >= 4 is 0 Å². The molecule has 0 aliphatic carbocycles. The molecule has 0 aliphatic heterocycles. The number of hydrogen-bond donors (Lipinski definition) is 0. The molecule has 0 heterocycles. The van der Waals surface area contributed by atoms with Crippen LogP contribution in [0.4, 0.5) is 0 Å². The molecular formula is C60H122. The van der Waals surface area contributed by atoms with Crippen LogP contribution >= 0.6 is 0 Å². The second-order valence-corrected chi connectivity index (χ2v) is 20.9. The first-order valence-electron chi connectivity index (χ1n) is 29.8. The Labute approximate surface area is 384 Å². The summed E-state index contributed by atoms with van der Waals surface area (Å²) in [5, 5.41) is 0. The van der Waals surface area contributed by atoms with Gasteiger partial charge in [0.25, 0.3) is 0 Å². The van der Waals surface area contributed by atoms with Gasteiger partial charge in [0.2, 0.25) is 0 Å². The standard InChI is InChI=1S/C60H122/c1-4-7-10-13-16-19-22-25-28-30-32-34-36-38-41-44-47-50-53-56-59-60(57-54-51-48-45-42-39-27-24-21-18-15-12-9-6-3)58-55-52-49-46-43-40-37-35-33-31-29-26-23-20-17-14-11-8-5-2/h60H,4-59H2,1-3H3. The van der Waals surface area contributed by atoms with Crippen molar-refractivity contribution in [2.45, 2.75) is 380 Å². The lowest BCUT2D eigenvalue weighted by atomic mass is 9.89. The summed E-state index contributed by atoms with van der Waals surface area (Å²) in [4.78, 5) is 0. The summed E-state index contributed by atoms with van der Waals surface area (Å²) < 4.78 is 0. The maximum absolute atomic E-state index is 2.33. The van der Waals surface area contributed by atoms with E-state index in [9.17, 15) is 0 Å². The van der Waals surface area contributed by atoms with Gasteiger partial charge in [-0.1, -0.05) is 380 Å². The Morgan fingerprint density at radius 2 is 0.233 bits per heavy atom. The molecule has 60 heavy (non-hydrogen) atoms. The zero-order valence-corrected chi connectivity index (χ0v) is 43.2. The lowest BCUT2D eigenvalue weighted by Crippen LogP contribution is -2.01. The molecule has 362 valence electrons. The Balaban J connectivity index is 3.92. The summed E-state index contributed by atoms with van der Waals surface area (Å²) in [5.74, 6) is 1.03. The van der Waals surface area contributed by atoms with Crippen LogP contribution in [0.15, 0.2) is 0 Å². The smallest absolute Gasteiger partial charge is 0.0414 e. The summed E-state index contributed by atoms with van der Waals surface area (Å²) in [6, 6.07) is 0. The van der Waals surface area contributed by atoms with Gasteiger partial charge < -0.3 is 0 Å². The Hall–Kier alpha value is 0. The van der Waals surface area contributed by atoms with Gasteiger partial charge in [-0.15, -0.1) is 0 Å². The Kier molecular flexibility index (Phi) is 57.0. The van der Waals surface area contributed by atoms with Gasteiger partial charge in [-0.05, 0) is 5.92 Å². The van der Waals surface area contributed by atoms with Gasteiger partial charge >= 0.3 is 0 Å². The highest BCUT2D eigenvalue weighted by atomic mass is 14.2. The number of hydrogen-bond acceptors (Lipinski definition) is 0. The first kappa shape index (κ1) is 60.0. The van der Waals surface area contributed by atoms with E-state index in [1.54, 1.807) is 0 Å². The minimum absolute atomic E-state index is 1.03. The summed E-state index contributed by atoms with van der Waals surface area (Å²) in [6.07, 6.45) is 83.3. The normalized spacial score (nSPS) is 12.2. The van der Waals surface area contributed by atoms with Crippen molar-refractivity contribution in [2.75, 3.05) is 0 Å². The third-order valence-electron chi connectivity index (χ3n) is 14.6. The van der Waals surface area contributed by atoms with Crippen LogP contribution in [0, 0.1) is 5.92 Å². The van der Waals surface area contributed by atoms with E-state index in [0.717, 1.165) is 5.92 Å². The fourth-order valence-corrected chi connectivity index (χ4v) is 10.3. The Bertz CT molecular complexity index is 694. The maximum atomic E-state index is 2.33. The van der Waals surface area contributed by atoms with E-state index in [1.807, 2.05) is 0 Å². The van der Waals surface area contributed by atoms with Crippen LogP contribution in [0.5, 0.6) is 0 Å². The highest BCUT2D eigenvalue weighted by Gasteiger charge is 2.09. The summed E-state index contributed by atoms with van der Waals surface area (Å²) in [6.45, 7) is 6.97. The van der Waals surface area contributed by atoms with Crippen molar-refractivity contribution in [3.63, 3.8) is 0 Å². The SMILES string of the molecule is CCCCCCCCCCCCCCCCCCCCCCC(CCCCCCCCCCCCCCCC)CCCCCCCCCCCCCCCCCCCCC. The second kappa shape index (κ2) is 57.0. The van der Waals surface area contributed by atoms with Crippen molar-refractivity contribution in [3.05, 3.63) is 0 Å². The molecule has 0 rings (SSSR count). The molecule has 0 nitrogen and oxygen atoms in total. The molecule has 0 N–H and O–H groups in total. The van der Waals surface area contributed by atoms with Gasteiger partial charge in [0.1, 0.15) is 0 Å². The predicted molar refractivity (Wildman–Crippen MR) is 279 cm³/mol. The fourth-order valence-electron chi connectivity index (χ4n) is 10.3. The van der Waals surface area contributed by atoms with Gasteiger partial charge in [0.15, 0.2) is 0 Å². The van der Waals surface area contributed by atoms with Crippen LogP contribution in [-0.2, 0) is 0 Å². The van der Waals surface area contributed by atoms with E-state index in [0.29, 0.717) is 0 Å². The van der Waals surface area contributed by atoms with E-state index in [-0.39, 0.29) is 0 Å². The number of unbranched alkanes of at least 4 members (excludes halogenated alkanes) is 50. The number of rotatable bonds is 56. The highest BCUT2D eigenvalue weighted by molar-refractivity contribution is 4.63. The molecule has 0 amide bonds. The molecule has 0 radical (unpaired) electrons. The minimum atomic E-state index is 1.03. The first-order valence-corrected chi connectivity index (χ1v) is 29.8. The molecule has 1 atom stereocenters. The van der Waals surface area contributed by atoms with Crippen LogP contribution in [-0.4, -0.2) is 0 Å². The largest absolute Gasteiger partial charge is 0.0654 e. The highest BCUT2D eigenvalue weighted by Crippen LogP contribution is 2.26. The van der Waals surface area contributed by atoms with Crippen LogP contribution in [0.1, 0.15) is 380 Å². The van der Waals surface area contributed by atoms with Crippen LogP contribution in [0.3, 0.4) is 0 Å². The molecule has 0 fully saturated rings. The Morgan fingerprint density at radius 1 is 0.133 bits per heavy atom. The molecule has 0 bridgehead atoms. The molecule has 0 aromatic heterocycles. The molecule has 0 heteroatoms. The van der Waals surface area contributed by atoms with E-state index >= 15 is 0 Å². The summed E-state index contributed by atoms with van der Waals surface area (Å²) in [5.41, 5.74) is 0. The quantitative estimate of drug-likeness (QED) is 0.0535. The van der Waals surface area contributed by atoms with Crippen molar-refractivity contribution in [1.82, 2.24) is 0 Å². The van der Waals surface area contributed by atoms with Gasteiger partial charge in [-0.3, -0.25) is 0 Å².